The van der Waals surface area contributed by atoms with Crippen molar-refractivity contribution in [3.8, 4) is 34.3 Å². The molecule has 0 N–H and O–H groups in total. The number of hydrogen-bond donors (Lipinski definition) is 0. The van der Waals surface area contributed by atoms with Gasteiger partial charge in [-0.05, 0) is 83.9 Å². The van der Waals surface area contributed by atoms with Crippen LogP contribution < -0.4 is 0 Å². The van der Waals surface area contributed by atoms with E-state index in [1.54, 1.807) is 0 Å². The quantitative estimate of drug-likeness (QED) is 0.169. The third-order valence-electron chi connectivity index (χ3n) is 11.0. The summed E-state index contributed by atoms with van der Waals surface area (Å²) in [5, 5.41) is 17.4. The third kappa shape index (κ3) is 4.51. The average Bonchev–Trinajstić information content (AvgIpc) is 3.89. The monoisotopic (exact) mass is 699 g/mol. The molecule has 0 amide bonds. The maximum absolute atomic E-state index is 10.4. The Morgan fingerprint density at radius 1 is 0.418 bits per heavy atom. The molecule has 0 aliphatic heterocycles. The summed E-state index contributed by atoms with van der Waals surface area (Å²) in [6, 6.07) is 63.7. The van der Waals surface area contributed by atoms with Crippen molar-refractivity contribution < 1.29 is 0 Å². The molecule has 0 aliphatic carbocycles. The van der Waals surface area contributed by atoms with Gasteiger partial charge in [0.05, 0.1) is 51.5 Å². The normalized spacial score (nSPS) is 11.6. The summed E-state index contributed by atoms with van der Waals surface area (Å²) >= 11 is 0. The third-order valence-corrected chi connectivity index (χ3v) is 11.0. The van der Waals surface area contributed by atoms with Gasteiger partial charge in [-0.2, -0.15) is 5.26 Å². The topological polar surface area (TPSA) is 42.9 Å². The maximum atomic E-state index is 10.4. The Morgan fingerprint density at radius 2 is 0.964 bits per heavy atom. The Morgan fingerprint density at radius 3 is 1.64 bits per heavy atom. The SMILES string of the molecule is [C-]#[N+]c1ccc2c3ccccc3n(-c3cccc(-c4cc(C#N)cc(-n5c6ccccc6c6c(-n7c8ccccc8c8ccccc87)cccc65)c4)c3)c2c1. The van der Waals surface area contributed by atoms with Gasteiger partial charge in [0.1, 0.15) is 0 Å². The second-order valence-corrected chi connectivity index (χ2v) is 14.0. The zero-order chi connectivity index (χ0) is 36.6. The number of para-hydroxylation sites is 4. The van der Waals surface area contributed by atoms with Gasteiger partial charge in [0.25, 0.3) is 0 Å². The van der Waals surface area contributed by atoms with Crippen molar-refractivity contribution in [1.29, 1.82) is 5.26 Å². The van der Waals surface area contributed by atoms with Crippen LogP contribution in [0, 0.1) is 17.9 Å². The summed E-state index contributed by atoms with van der Waals surface area (Å²) < 4.78 is 6.93. The van der Waals surface area contributed by atoms with Gasteiger partial charge in [-0.1, -0.05) is 103 Å². The van der Waals surface area contributed by atoms with Gasteiger partial charge >= 0.3 is 0 Å². The minimum absolute atomic E-state index is 0.584. The van der Waals surface area contributed by atoms with E-state index in [-0.39, 0.29) is 0 Å². The van der Waals surface area contributed by atoms with Crippen LogP contribution in [-0.4, -0.2) is 13.7 Å². The van der Waals surface area contributed by atoms with Gasteiger partial charge in [0.15, 0.2) is 5.69 Å². The molecule has 0 saturated heterocycles. The Kier molecular flexibility index (Phi) is 6.61. The van der Waals surface area contributed by atoms with E-state index in [1.807, 2.05) is 30.3 Å². The molecule has 0 spiro atoms. The van der Waals surface area contributed by atoms with Crippen LogP contribution in [0.25, 0.3) is 98.5 Å². The molecule has 11 rings (SSSR count). The van der Waals surface area contributed by atoms with E-state index in [4.69, 9.17) is 6.57 Å². The van der Waals surface area contributed by atoms with Gasteiger partial charge in [-0.3, -0.25) is 0 Å². The predicted molar refractivity (Wildman–Crippen MR) is 226 cm³/mol. The highest BCUT2D eigenvalue weighted by atomic mass is 15.0. The molecule has 0 atom stereocenters. The molecule has 0 unspecified atom stereocenters. The number of rotatable bonds is 4. The molecule has 5 heteroatoms. The molecule has 11 aromatic rings. The van der Waals surface area contributed by atoms with E-state index in [9.17, 15) is 5.26 Å². The Labute approximate surface area is 316 Å². The summed E-state index contributed by atoms with van der Waals surface area (Å²) in [6.45, 7) is 7.69. The van der Waals surface area contributed by atoms with Crippen LogP contribution in [0.15, 0.2) is 176 Å². The zero-order valence-corrected chi connectivity index (χ0v) is 29.5. The van der Waals surface area contributed by atoms with Gasteiger partial charge < -0.3 is 13.7 Å². The largest absolute Gasteiger partial charge is 0.310 e. The minimum Gasteiger partial charge on any atom is -0.310 e. The molecule has 0 radical (unpaired) electrons. The Hall–Kier alpha value is -7.86. The fourth-order valence-electron chi connectivity index (χ4n) is 8.75. The molecule has 55 heavy (non-hydrogen) atoms. The molecule has 3 heterocycles. The van der Waals surface area contributed by atoms with E-state index in [2.05, 4.69) is 170 Å². The van der Waals surface area contributed by atoms with Crippen LogP contribution >= 0.6 is 0 Å². The zero-order valence-electron chi connectivity index (χ0n) is 29.5. The second kappa shape index (κ2) is 11.8. The van der Waals surface area contributed by atoms with Crippen molar-refractivity contribution in [3.63, 3.8) is 0 Å². The van der Waals surface area contributed by atoms with E-state index in [0.717, 1.165) is 82.8 Å². The number of benzene rings is 8. The summed E-state index contributed by atoms with van der Waals surface area (Å²) in [7, 11) is 0. The van der Waals surface area contributed by atoms with Crippen molar-refractivity contribution in [2.45, 2.75) is 0 Å². The molecule has 0 saturated carbocycles. The number of aromatic nitrogens is 3. The lowest BCUT2D eigenvalue weighted by atomic mass is 10.0. The molecule has 0 aliphatic rings. The van der Waals surface area contributed by atoms with Crippen molar-refractivity contribution in [1.82, 2.24) is 13.7 Å². The van der Waals surface area contributed by atoms with E-state index in [0.29, 0.717) is 11.3 Å². The number of nitrogens with zero attached hydrogens (tertiary/aromatic N) is 5. The van der Waals surface area contributed by atoms with E-state index < -0.39 is 0 Å². The van der Waals surface area contributed by atoms with Crippen molar-refractivity contribution in [3.05, 3.63) is 193 Å². The highest BCUT2D eigenvalue weighted by Crippen LogP contribution is 2.41. The van der Waals surface area contributed by atoms with E-state index >= 15 is 0 Å². The highest BCUT2D eigenvalue weighted by Gasteiger charge is 2.20. The summed E-state index contributed by atoms with van der Waals surface area (Å²) in [5.41, 5.74) is 12.7. The van der Waals surface area contributed by atoms with Crippen molar-refractivity contribution >= 4 is 71.1 Å². The molecule has 0 bridgehead atoms. The minimum atomic E-state index is 0.584. The number of fused-ring (bicyclic) bond motifs is 9. The lowest BCUT2D eigenvalue weighted by Gasteiger charge is -2.14. The smallest absolute Gasteiger partial charge is 0.189 e. The Balaban J connectivity index is 1.14. The fraction of sp³-hybridized carbons (Fsp3) is 0. The lowest BCUT2D eigenvalue weighted by Crippen LogP contribution is -1.98. The molecule has 3 aromatic heterocycles. The van der Waals surface area contributed by atoms with Crippen LogP contribution in [0.1, 0.15) is 5.56 Å². The maximum Gasteiger partial charge on any atom is 0.189 e. The van der Waals surface area contributed by atoms with Gasteiger partial charge in [-0.15, -0.1) is 0 Å². The fourth-order valence-corrected chi connectivity index (χ4v) is 8.75. The van der Waals surface area contributed by atoms with Crippen LogP contribution in [0.2, 0.25) is 0 Å². The van der Waals surface area contributed by atoms with Gasteiger partial charge in [0.2, 0.25) is 0 Å². The standard InChI is InChI=1S/C50H29N5/c1-52-35-24-25-41-40-16-2-6-18-43(40)53(49(41)30-35)36-13-10-12-33(28-36)34-26-32(31-51)27-37(29-34)54-46-21-9-5-17-42(46)50-47(54)22-11-23-48(50)55-44-19-7-3-14-38(44)39-15-4-8-20-45(39)55/h2-30H. The number of nitriles is 1. The Bertz CT molecular complexity index is 3420. The first-order chi connectivity index (χ1) is 27.2. The lowest BCUT2D eigenvalue weighted by molar-refractivity contribution is 1.16. The first kappa shape index (κ1) is 30.7. The van der Waals surface area contributed by atoms with Crippen molar-refractivity contribution in [2.75, 3.05) is 0 Å². The van der Waals surface area contributed by atoms with Crippen LogP contribution in [-0.2, 0) is 0 Å². The summed E-state index contributed by atoms with van der Waals surface area (Å²) in [4.78, 5) is 3.74. The molecule has 254 valence electrons. The molecule has 5 nitrogen and oxygen atoms in total. The number of hydrogen-bond acceptors (Lipinski definition) is 1. The van der Waals surface area contributed by atoms with E-state index in [1.165, 1.54) is 10.8 Å². The summed E-state index contributed by atoms with van der Waals surface area (Å²) in [6.07, 6.45) is 0. The van der Waals surface area contributed by atoms with Gasteiger partial charge in [0, 0.05) is 49.2 Å². The summed E-state index contributed by atoms with van der Waals surface area (Å²) in [5.74, 6) is 0. The van der Waals surface area contributed by atoms with Crippen LogP contribution in [0.4, 0.5) is 5.69 Å². The van der Waals surface area contributed by atoms with Crippen molar-refractivity contribution in [2.24, 2.45) is 0 Å². The van der Waals surface area contributed by atoms with Gasteiger partial charge in [-0.25, -0.2) is 4.85 Å². The van der Waals surface area contributed by atoms with Crippen LogP contribution in [0.3, 0.4) is 0 Å². The van der Waals surface area contributed by atoms with Crippen LogP contribution in [0.5, 0.6) is 0 Å². The molecular formula is C50H29N5. The predicted octanol–water partition coefficient (Wildman–Crippen LogP) is 13.1. The molecule has 0 fully saturated rings. The first-order valence-electron chi connectivity index (χ1n) is 18.3. The molecular weight excluding hydrogens is 671 g/mol. The molecule has 8 aromatic carbocycles. The average molecular weight is 700 g/mol. The second-order valence-electron chi connectivity index (χ2n) is 14.0. The highest BCUT2D eigenvalue weighted by molar-refractivity contribution is 6.16. The first-order valence-corrected chi connectivity index (χ1v) is 18.3.